The second-order valence-corrected chi connectivity index (χ2v) is 9.72. The van der Waals surface area contributed by atoms with Crippen molar-refractivity contribution in [3.8, 4) is 0 Å². The van der Waals surface area contributed by atoms with E-state index < -0.39 is 47.9 Å². The molecule has 0 saturated carbocycles. The molecule has 3 amide bonds. The molecule has 10 nitrogen and oxygen atoms in total. The molecule has 5 atom stereocenters. The summed E-state index contributed by atoms with van der Waals surface area (Å²) in [6.45, 7) is 7.18. The molecule has 0 fully saturated rings. The van der Waals surface area contributed by atoms with Crippen molar-refractivity contribution < 1.29 is 24.3 Å². The van der Waals surface area contributed by atoms with E-state index in [2.05, 4.69) is 33.6 Å². The average Bonchev–Trinajstić information content (AvgIpc) is 3.26. The monoisotopic (exact) mass is 519 g/mol. The number of para-hydroxylation sites is 1. The van der Waals surface area contributed by atoms with E-state index in [1.807, 2.05) is 38.1 Å². The third kappa shape index (κ3) is 7.47. The maximum absolute atomic E-state index is 13.2. The van der Waals surface area contributed by atoms with Gasteiger partial charge in [0.25, 0.3) is 0 Å². The molecule has 0 radical (unpaired) electrons. The van der Waals surface area contributed by atoms with Crippen molar-refractivity contribution in [1.82, 2.24) is 20.9 Å². The largest absolute Gasteiger partial charge is 0.480 e. The predicted octanol–water partition coefficient (Wildman–Crippen LogP) is 1.21. The van der Waals surface area contributed by atoms with Gasteiger partial charge in [-0.1, -0.05) is 52.3 Å². The highest BCUT2D eigenvalue weighted by Gasteiger charge is 2.33. The highest BCUT2D eigenvalue weighted by molar-refractivity contribution is 7.80. The van der Waals surface area contributed by atoms with Crippen molar-refractivity contribution in [3.05, 3.63) is 36.0 Å². The number of thiol groups is 1. The number of aromatic nitrogens is 1. The first-order chi connectivity index (χ1) is 17.0. The normalized spacial score (nSPS) is 15.5. The Morgan fingerprint density at radius 1 is 1.00 bits per heavy atom. The molecule has 1 heterocycles. The topological polar surface area (TPSA) is 166 Å². The Labute approximate surface area is 216 Å². The van der Waals surface area contributed by atoms with E-state index in [9.17, 15) is 24.3 Å². The molecule has 2 rings (SSSR count). The maximum atomic E-state index is 13.2. The van der Waals surface area contributed by atoms with Gasteiger partial charge in [-0.25, -0.2) is 4.79 Å². The Balaban J connectivity index is 2.17. The zero-order valence-corrected chi connectivity index (χ0v) is 22.0. The number of nitrogens with two attached hydrogens (primary N) is 1. The molecule has 198 valence electrons. The van der Waals surface area contributed by atoms with Crippen LogP contribution in [0.3, 0.4) is 0 Å². The van der Waals surface area contributed by atoms with Crippen LogP contribution >= 0.6 is 12.6 Å². The summed E-state index contributed by atoms with van der Waals surface area (Å²) in [7, 11) is 0. The van der Waals surface area contributed by atoms with Crippen molar-refractivity contribution in [1.29, 1.82) is 0 Å². The number of carbonyl (C=O) groups excluding carboxylic acids is 3. The minimum Gasteiger partial charge on any atom is -0.480 e. The van der Waals surface area contributed by atoms with Gasteiger partial charge < -0.3 is 31.8 Å². The number of carboxylic acids is 1. The van der Waals surface area contributed by atoms with Gasteiger partial charge in [0.1, 0.15) is 18.1 Å². The third-order valence-corrected chi connectivity index (χ3v) is 6.68. The summed E-state index contributed by atoms with van der Waals surface area (Å²) in [6, 6.07) is 3.48. The van der Waals surface area contributed by atoms with Crippen LogP contribution in [-0.2, 0) is 25.6 Å². The first kappa shape index (κ1) is 29.2. The lowest BCUT2D eigenvalue weighted by Crippen LogP contribution is -2.60. The molecule has 2 aromatic rings. The highest BCUT2D eigenvalue weighted by Crippen LogP contribution is 2.19. The number of aliphatic carboxylic acids is 1. The lowest BCUT2D eigenvalue weighted by Gasteiger charge is -2.29. The number of carboxylic acid groups (broad SMARTS) is 1. The summed E-state index contributed by atoms with van der Waals surface area (Å²) in [4.78, 5) is 53.7. The predicted molar refractivity (Wildman–Crippen MR) is 142 cm³/mol. The fraction of sp³-hybridized carbons (Fsp3) is 0.520. The fourth-order valence-corrected chi connectivity index (χ4v) is 3.97. The number of rotatable bonds is 13. The molecule has 36 heavy (non-hydrogen) atoms. The van der Waals surface area contributed by atoms with Crippen LogP contribution in [0.1, 0.15) is 39.7 Å². The molecule has 1 aromatic heterocycles. The Kier molecular flexibility index (Phi) is 10.8. The van der Waals surface area contributed by atoms with E-state index in [1.54, 1.807) is 20.0 Å². The van der Waals surface area contributed by atoms with Gasteiger partial charge in [-0.15, -0.1) is 0 Å². The number of amides is 3. The number of carbonyl (C=O) groups is 4. The van der Waals surface area contributed by atoms with E-state index in [-0.39, 0.29) is 24.0 Å². The molecule has 7 N–H and O–H groups in total. The summed E-state index contributed by atoms with van der Waals surface area (Å²) >= 11 is 4.02. The molecule has 1 aromatic carbocycles. The lowest BCUT2D eigenvalue weighted by atomic mass is 9.96. The van der Waals surface area contributed by atoms with E-state index in [0.29, 0.717) is 6.42 Å². The summed E-state index contributed by atoms with van der Waals surface area (Å²) < 4.78 is 0. The molecule has 0 bridgehead atoms. The Bertz CT molecular complexity index is 1070. The maximum Gasteiger partial charge on any atom is 0.326 e. The van der Waals surface area contributed by atoms with Crippen molar-refractivity contribution in [2.75, 3.05) is 5.75 Å². The van der Waals surface area contributed by atoms with Crippen molar-refractivity contribution >= 4 is 47.2 Å². The Morgan fingerprint density at radius 3 is 2.19 bits per heavy atom. The molecule has 11 heteroatoms. The Morgan fingerprint density at radius 2 is 1.61 bits per heavy atom. The molecule has 0 spiro atoms. The van der Waals surface area contributed by atoms with Gasteiger partial charge in [-0.05, 0) is 23.5 Å². The molecule has 0 aliphatic carbocycles. The minimum absolute atomic E-state index is 0.0665. The van der Waals surface area contributed by atoms with Crippen molar-refractivity contribution in [2.24, 2.45) is 17.6 Å². The molecular formula is C25H37N5O5S. The first-order valence-corrected chi connectivity index (χ1v) is 12.7. The van der Waals surface area contributed by atoms with E-state index >= 15 is 0 Å². The van der Waals surface area contributed by atoms with Crippen LogP contribution in [0.15, 0.2) is 30.5 Å². The van der Waals surface area contributed by atoms with Gasteiger partial charge in [0.15, 0.2) is 0 Å². The highest BCUT2D eigenvalue weighted by atomic mass is 32.1. The molecule has 0 aliphatic rings. The number of nitrogens with one attached hydrogen (secondary N) is 4. The van der Waals surface area contributed by atoms with E-state index in [1.165, 1.54) is 0 Å². The van der Waals surface area contributed by atoms with Gasteiger partial charge in [0.05, 0.1) is 6.04 Å². The van der Waals surface area contributed by atoms with Gasteiger partial charge in [-0.2, -0.15) is 12.6 Å². The molecule has 0 saturated heterocycles. The summed E-state index contributed by atoms with van der Waals surface area (Å²) in [6.07, 6.45) is 2.39. The van der Waals surface area contributed by atoms with Gasteiger partial charge in [-0.3, -0.25) is 14.4 Å². The van der Waals surface area contributed by atoms with Crippen LogP contribution in [0.2, 0.25) is 0 Å². The standard InChI is InChI=1S/C25H37N5O5S/c1-5-14(4)21(30-22(31)17(26)12-36)24(33)29-20(13(2)3)23(32)28-19(25(34)35)10-15-11-27-18-9-7-6-8-16(15)18/h6-9,11,13-14,17,19-21,27,36H,5,10,12,26H2,1-4H3,(H,28,32)(H,29,33)(H,30,31)(H,34,35). The Hall–Kier alpha value is -3.05. The second kappa shape index (κ2) is 13.3. The molecular weight excluding hydrogens is 482 g/mol. The van der Waals surface area contributed by atoms with E-state index in [4.69, 9.17) is 5.73 Å². The number of hydrogen-bond donors (Lipinski definition) is 7. The van der Waals surface area contributed by atoms with Crippen LogP contribution in [0, 0.1) is 11.8 Å². The van der Waals surface area contributed by atoms with Crippen LogP contribution in [0.25, 0.3) is 10.9 Å². The van der Waals surface area contributed by atoms with Crippen molar-refractivity contribution in [2.45, 2.75) is 64.7 Å². The van der Waals surface area contributed by atoms with Crippen LogP contribution < -0.4 is 21.7 Å². The van der Waals surface area contributed by atoms with Crippen molar-refractivity contribution in [3.63, 3.8) is 0 Å². The number of aromatic amines is 1. The van der Waals surface area contributed by atoms with Crippen LogP contribution in [0.4, 0.5) is 0 Å². The second-order valence-electron chi connectivity index (χ2n) is 9.35. The van der Waals surface area contributed by atoms with Gasteiger partial charge >= 0.3 is 5.97 Å². The van der Waals surface area contributed by atoms with Crippen LogP contribution in [-0.4, -0.2) is 63.7 Å². The van der Waals surface area contributed by atoms with E-state index in [0.717, 1.165) is 16.5 Å². The van der Waals surface area contributed by atoms with Gasteiger partial charge in [0.2, 0.25) is 17.7 Å². The fourth-order valence-electron chi connectivity index (χ4n) is 3.81. The number of fused-ring (bicyclic) bond motifs is 1. The summed E-state index contributed by atoms with van der Waals surface area (Å²) in [5.41, 5.74) is 7.36. The first-order valence-electron chi connectivity index (χ1n) is 12.0. The smallest absolute Gasteiger partial charge is 0.326 e. The number of H-pyrrole nitrogens is 1. The number of hydrogen-bond acceptors (Lipinski definition) is 6. The lowest BCUT2D eigenvalue weighted by molar-refractivity contribution is -0.142. The third-order valence-electron chi connectivity index (χ3n) is 6.29. The van der Waals surface area contributed by atoms with Crippen LogP contribution in [0.5, 0.6) is 0 Å². The average molecular weight is 520 g/mol. The zero-order chi connectivity index (χ0) is 27.0. The zero-order valence-electron chi connectivity index (χ0n) is 21.1. The quantitative estimate of drug-likeness (QED) is 0.196. The molecule has 5 unspecified atom stereocenters. The molecule has 0 aliphatic heterocycles. The summed E-state index contributed by atoms with van der Waals surface area (Å²) in [5, 5.41) is 18.6. The number of benzene rings is 1. The van der Waals surface area contributed by atoms with Gasteiger partial charge in [0, 0.05) is 29.3 Å². The minimum atomic E-state index is -1.20. The summed E-state index contributed by atoms with van der Waals surface area (Å²) in [5.74, 6) is -3.32. The SMILES string of the molecule is CCC(C)C(NC(=O)C(N)CS)C(=O)NC(C(=O)NC(Cc1c[nH]c2ccccc12)C(=O)O)C(C)C.